The predicted molar refractivity (Wildman–Crippen MR) is 126 cm³/mol. The third-order valence-corrected chi connectivity index (χ3v) is 6.32. The minimum Gasteiger partial charge on any atom is -0.464 e. The molecule has 1 aliphatic heterocycles. The molecule has 0 bridgehead atoms. The van der Waals surface area contributed by atoms with Crippen LogP contribution in [-0.2, 0) is 26.9 Å². The van der Waals surface area contributed by atoms with E-state index in [9.17, 15) is 32.3 Å². The minimum absolute atomic E-state index is 0.0280. The highest BCUT2D eigenvalue weighted by molar-refractivity contribution is 7.14. The number of alkyl halides is 3. The number of rotatable bonds is 7. The first kappa shape index (κ1) is 25.8. The number of hydrogen-bond acceptors (Lipinski definition) is 7. The molecule has 1 aliphatic rings. The number of nitrogens with zero attached hydrogens (tertiary/aromatic N) is 2. The van der Waals surface area contributed by atoms with E-state index in [4.69, 9.17) is 0 Å². The van der Waals surface area contributed by atoms with Crippen LogP contribution < -0.4 is 10.6 Å². The van der Waals surface area contributed by atoms with Gasteiger partial charge in [-0.25, -0.2) is 19.5 Å². The van der Waals surface area contributed by atoms with Crippen molar-refractivity contribution in [1.29, 1.82) is 0 Å². The molecule has 0 aliphatic carbocycles. The summed E-state index contributed by atoms with van der Waals surface area (Å²) < 4.78 is 43.4. The van der Waals surface area contributed by atoms with Gasteiger partial charge < -0.3 is 15.4 Å². The number of thiazole rings is 1. The van der Waals surface area contributed by atoms with Crippen LogP contribution in [-0.4, -0.2) is 46.9 Å². The van der Waals surface area contributed by atoms with Crippen LogP contribution in [0.2, 0.25) is 0 Å². The number of amides is 4. The van der Waals surface area contributed by atoms with Gasteiger partial charge in [0, 0.05) is 11.8 Å². The van der Waals surface area contributed by atoms with Crippen molar-refractivity contribution < 1.29 is 37.1 Å². The Bertz CT molecular complexity index is 1330. The molecule has 9 nitrogen and oxygen atoms in total. The summed E-state index contributed by atoms with van der Waals surface area (Å²) in [4.78, 5) is 55.8. The number of methoxy groups -OCH3 is 1. The van der Waals surface area contributed by atoms with Crippen LogP contribution in [0.1, 0.15) is 33.2 Å². The zero-order valence-corrected chi connectivity index (χ0v) is 19.9. The Balaban J connectivity index is 1.60. The highest BCUT2D eigenvalue weighted by Crippen LogP contribution is 2.32. The molecule has 4 rings (SSSR count). The van der Waals surface area contributed by atoms with E-state index >= 15 is 0 Å². The lowest BCUT2D eigenvalue weighted by Crippen LogP contribution is -2.49. The van der Waals surface area contributed by atoms with Gasteiger partial charge in [-0.15, -0.1) is 11.3 Å². The van der Waals surface area contributed by atoms with Crippen molar-refractivity contribution in [3.8, 4) is 0 Å². The van der Waals surface area contributed by atoms with Crippen LogP contribution in [0.5, 0.6) is 0 Å². The second kappa shape index (κ2) is 10.4. The highest BCUT2D eigenvalue weighted by Gasteiger charge is 2.45. The van der Waals surface area contributed by atoms with Crippen molar-refractivity contribution in [3.63, 3.8) is 0 Å². The van der Waals surface area contributed by atoms with Gasteiger partial charge in [-0.2, -0.15) is 13.2 Å². The van der Waals surface area contributed by atoms with Crippen LogP contribution >= 0.6 is 11.3 Å². The lowest BCUT2D eigenvalue weighted by atomic mass is 10.0. The van der Waals surface area contributed by atoms with Crippen LogP contribution in [0.3, 0.4) is 0 Å². The number of ether oxygens (including phenoxy) is 1. The van der Waals surface area contributed by atoms with Gasteiger partial charge in [-0.1, -0.05) is 42.5 Å². The van der Waals surface area contributed by atoms with E-state index in [1.807, 2.05) is 0 Å². The van der Waals surface area contributed by atoms with E-state index < -0.39 is 47.6 Å². The van der Waals surface area contributed by atoms with E-state index in [1.54, 1.807) is 30.3 Å². The molecule has 0 spiro atoms. The quantitative estimate of drug-likeness (QED) is 0.353. The average molecular weight is 533 g/mol. The topological polar surface area (TPSA) is 118 Å². The van der Waals surface area contributed by atoms with Crippen LogP contribution in [0.25, 0.3) is 0 Å². The number of carbonyl (C=O) groups is 4. The Morgan fingerprint density at radius 2 is 1.81 bits per heavy atom. The number of nitrogens with one attached hydrogen (secondary N) is 2. The van der Waals surface area contributed by atoms with E-state index in [2.05, 4.69) is 20.4 Å². The molecule has 2 heterocycles. The predicted octanol–water partition coefficient (Wildman–Crippen LogP) is 3.79. The van der Waals surface area contributed by atoms with E-state index in [0.29, 0.717) is 5.56 Å². The number of anilines is 1. The molecule has 1 fully saturated rings. The van der Waals surface area contributed by atoms with E-state index in [1.165, 1.54) is 12.5 Å². The Hall–Kier alpha value is -4.26. The molecule has 1 aromatic heterocycles. The smallest absolute Gasteiger partial charge is 0.416 e. The van der Waals surface area contributed by atoms with Crippen molar-refractivity contribution >= 4 is 40.3 Å². The zero-order chi connectivity index (χ0) is 26.7. The van der Waals surface area contributed by atoms with Crippen LogP contribution in [0.15, 0.2) is 60.0 Å². The molecule has 2 atom stereocenters. The Kier molecular flexibility index (Phi) is 7.25. The summed E-state index contributed by atoms with van der Waals surface area (Å²) >= 11 is 0.950. The fourth-order valence-electron chi connectivity index (χ4n) is 3.74. The van der Waals surface area contributed by atoms with Gasteiger partial charge in [0.05, 0.1) is 12.7 Å². The fourth-order valence-corrected chi connectivity index (χ4v) is 4.42. The summed E-state index contributed by atoms with van der Waals surface area (Å²) in [5, 5.41) is 6.39. The number of imide groups is 1. The Morgan fingerprint density at radius 1 is 1.14 bits per heavy atom. The monoisotopic (exact) mass is 532 g/mol. The summed E-state index contributed by atoms with van der Waals surface area (Å²) in [6.45, 7) is 0. The first-order valence-electron chi connectivity index (χ1n) is 10.8. The van der Waals surface area contributed by atoms with E-state index in [0.717, 1.165) is 40.5 Å². The second-order valence-corrected chi connectivity index (χ2v) is 8.79. The summed E-state index contributed by atoms with van der Waals surface area (Å²) in [5.74, 6) is -2.24. The standard InChI is InChI=1S/C24H19F3N4O5S/c1-36-21(34)16-12-37-22(28-16)30-19(32)17(11-13-5-3-2-4-6-13)31-20(33)18(29-23(31)35)14-7-9-15(10-8-14)24(25,26)27/h2-10,12,17-18H,11H2,1H3,(H,29,35)(H,28,30,32)/t17-,18?/m0/s1. The van der Waals surface area contributed by atoms with Gasteiger partial charge in [-0.3, -0.25) is 9.59 Å². The summed E-state index contributed by atoms with van der Waals surface area (Å²) in [6, 6.07) is 9.00. The molecule has 0 saturated carbocycles. The van der Waals surface area contributed by atoms with Gasteiger partial charge in [0.25, 0.3) is 5.91 Å². The van der Waals surface area contributed by atoms with E-state index in [-0.39, 0.29) is 22.8 Å². The maximum atomic E-state index is 13.3. The first-order chi connectivity index (χ1) is 17.6. The number of esters is 1. The van der Waals surface area contributed by atoms with Gasteiger partial charge in [0.15, 0.2) is 10.8 Å². The maximum Gasteiger partial charge on any atom is 0.416 e. The molecule has 1 saturated heterocycles. The summed E-state index contributed by atoms with van der Waals surface area (Å²) in [7, 11) is 1.18. The van der Waals surface area contributed by atoms with Gasteiger partial charge in [0.2, 0.25) is 5.91 Å². The minimum atomic E-state index is -4.56. The van der Waals surface area contributed by atoms with Gasteiger partial charge in [-0.05, 0) is 23.3 Å². The molecule has 1 unspecified atom stereocenters. The lowest BCUT2D eigenvalue weighted by Gasteiger charge is -2.24. The molecule has 4 amide bonds. The van der Waals surface area contributed by atoms with Crippen molar-refractivity contribution in [2.45, 2.75) is 24.7 Å². The normalized spacial score (nSPS) is 16.3. The molecule has 2 N–H and O–H groups in total. The van der Waals surface area contributed by atoms with Crippen molar-refractivity contribution in [2.75, 3.05) is 12.4 Å². The summed E-state index contributed by atoms with van der Waals surface area (Å²) in [5.41, 5.74) is -0.147. The lowest BCUT2D eigenvalue weighted by molar-refractivity contribution is -0.137. The molecular formula is C24H19F3N4O5S. The first-order valence-corrected chi connectivity index (χ1v) is 11.7. The van der Waals surface area contributed by atoms with Crippen molar-refractivity contribution in [2.24, 2.45) is 0 Å². The van der Waals surface area contributed by atoms with Crippen LogP contribution in [0.4, 0.5) is 23.1 Å². The van der Waals surface area contributed by atoms with Gasteiger partial charge >= 0.3 is 18.2 Å². The molecular weight excluding hydrogens is 513 g/mol. The number of carbonyl (C=O) groups excluding carboxylic acids is 4. The molecule has 2 aromatic carbocycles. The molecule has 0 radical (unpaired) electrons. The Labute approximate surface area is 212 Å². The Morgan fingerprint density at radius 3 is 2.43 bits per heavy atom. The number of urea groups is 1. The SMILES string of the molecule is COC(=O)c1csc(NC(=O)[C@H](Cc2ccccc2)N2C(=O)NC(c3ccc(C(F)(F)F)cc3)C2=O)n1. The maximum absolute atomic E-state index is 13.3. The average Bonchev–Trinajstić information content (AvgIpc) is 3.46. The van der Waals surface area contributed by atoms with Crippen molar-refractivity contribution in [3.05, 3.63) is 82.4 Å². The number of aromatic nitrogens is 1. The summed E-state index contributed by atoms with van der Waals surface area (Å²) in [6.07, 6.45) is -4.60. The zero-order valence-electron chi connectivity index (χ0n) is 19.1. The van der Waals surface area contributed by atoms with Crippen LogP contribution in [0, 0.1) is 0 Å². The molecule has 192 valence electrons. The third-order valence-electron chi connectivity index (χ3n) is 5.56. The molecule has 13 heteroatoms. The third kappa shape index (κ3) is 5.61. The molecule has 3 aromatic rings. The van der Waals surface area contributed by atoms with Crippen molar-refractivity contribution in [1.82, 2.24) is 15.2 Å². The second-order valence-electron chi connectivity index (χ2n) is 7.93. The number of benzene rings is 2. The highest BCUT2D eigenvalue weighted by atomic mass is 32.1. The largest absolute Gasteiger partial charge is 0.464 e. The molecule has 37 heavy (non-hydrogen) atoms. The van der Waals surface area contributed by atoms with Gasteiger partial charge in [0.1, 0.15) is 12.1 Å². The fraction of sp³-hybridized carbons (Fsp3) is 0.208. The number of hydrogen-bond donors (Lipinski definition) is 2. The number of halogens is 3.